The number of benzene rings is 6. The highest BCUT2D eigenvalue weighted by Crippen LogP contribution is 2.65. The number of rotatable bonds is 5. The molecule has 0 saturated heterocycles. The quantitative estimate of drug-likeness (QED) is 0.174. The van der Waals surface area contributed by atoms with Gasteiger partial charge in [-0.25, -0.2) is 0 Å². The molecule has 1 nitrogen and oxygen atoms in total. The summed E-state index contributed by atoms with van der Waals surface area (Å²) in [6.45, 7) is 2.47. The minimum Gasteiger partial charge on any atom is -0.310 e. The summed E-state index contributed by atoms with van der Waals surface area (Å²) in [6.07, 6.45) is 13.2. The van der Waals surface area contributed by atoms with E-state index in [0.717, 1.165) is 5.92 Å². The van der Waals surface area contributed by atoms with Crippen molar-refractivity contribution in [2.75, 3.05) is 4.90 Å². The Balaban J connectivity index is 1.16. The number of anilines is 3. The summed E-state index contributed by atoms with van der Waals surface area (Å²) in [5, 5.41) is 0. The summed E-state index contributed by atoms with van der Waals surface area (Å²) < 4.78 is 0. The lowest BCUT2D eigenvalue weighted by Gasteiger charge is -2.54. The molecule has 5 aliphatic carbocycles. The van der Waals surface area contributed by atoms with E-state index < -0.39 is 0 Å². The van der Waals surface area contributed by atoms with Crippen molar-refractivity contribution in [2.45, 2.75) is 82.0 Å². The molecule has 53 heavy (non-hydrogen) atoms. The van der Waals surface area contributed by atoms with Gasteiger partial charge in [-0.3, -0.25) is 0 Å². The Morgan fingerprint density at radius 3 is 1.98 bits per heavy atom. The molecular weight excluding hydrogens is 639 g/mol. The zero-order valence-corrected chi connectivity index (χ0v) is 31.0. The molecule has 0 heterocycles. The van der Waals surface area contributed by atoms with Crippen molar-refractivity contribution in [3.63, 3.8) is 0 Å². The van der Waals surface area contributed by atoms with Gasteiger partial charge in [-0.05, 0) is 130 Å². The second-order valence-corrected chi connectivity index (χ2v) is 17.0. The van der Waals surface area contributed by atoms with Crippen LogP contribution < -0.4 is 4.90 Å². The topological polar surface area (TPSA) is 3.24 Å². The van der Waals surface area contributed by atoms with Gasteiger partial charge in [0.2, 0.25) is 0 Å². The molecule has 0 aromatic heterocycles. The van der Waals surface area contributed by atoms with Crippen LogP contribution in [0.4, 0.5) is 17.1 Å². The first kappa shape index (κ1) is 31.6. The van der Waals surface area contributed by atoms with E-state index in [-0.39, 0.29) is 10.8 Å². The third-order valence-electron chi connectivity index (χ3n) is 14.7. The predicted molar refractivity (Wildman–Crippen MR) is 221 cm³/mol. The van der Waals surface area contributed by atoms with E-state index in [1.54, 1.807) is 22.3 Å². The molecule has 3 saturated carbocycles. The second-order valence-electron chi connectivity index (χ2n) is 17.0. The number of para-hydroxylation sites is 1. The summed E-state index contributed by atoms with van der Waals surface area (Å²) in [6, 6.07) is 54.0. The lowest BCUT2D eigenvalue weighted by molar-refractivity contribution is 0.0557. The first-order valence-electron chi connectivity index (χ1n) is 20.6. The van der Waals surface area contributed by atoms with Crippen LogP contribution in [0.1, 0.15) is 93.4 Å². The van der Waals surface area contributed by atoms with Gasteiger partial charge in [0.25, 0.3) is 0 Å². The number of hydrogen-bond acceptors (Lipinski definition) is 1. The van der Waals surface area contributed by atoms with Crippen molar-refractivity contribution >= 4 is 17.1 Å². The van der Waals surface area contributed by atoms with Crippen LogP contribution in [0, 0.1) is 17.8 Å². The maximum atomic E-state index is 2.66. The summed E-state index contributed by atoms with van der Waals surface area (Å²) in [5.74, 6) is 2.24. The van der Waals surface area contributed by atoms with Crippen LogP contribution >= 0.6 is 0 Å². The highest BCUT2D eigenvalue weighted by molar-refractivity contribution is 5.93. The van der Waals surface area contributed by atoms with Crippen molar-refractivity contribution < 1.29 is 0 Å². The number of fused-ring (bicyclic) bond motifs is 13. The van der Waals surface area contributed by atoms with Gasteiger partial charge in [0.1, 0.15) is 0 Å². The summed E-state index contributed by atoms with van der Waals surface area (Å²) >= 11 is 0. The van der Waals surface area contributed by atoms with Gasteiger partial charge in [0.15, 0.2) is 0 Å². The fourth-order valence-corrected chi connectivity index (χ4v) is 12.7. The maximum absolute atomic E-state index is 2.66. The molecule has 262 valence electrons. The molecule has 6 aromatic carbocycles. The normalized spacial score (nSPS) is 24.1. The number of nitrogens with zero attached hydrogens (tertiary/aromatic N) is 1. The Bertz CT molecular complexity index is 2360. The van der Waals surface area contributed by atoms with Crippen molar-refractivity contribution in [1.82, 2.24) is 0 Å². The Morgan fingerprint density at radius 1 is 0.528 bits per heavy atom. The highest BCUT2D eigenvalue weighted by Gasteiger charge is 2.56. The molecule has 0 amide bonds. The summed E-state index contributed by atoms with van der Waals surface area (Å²) in [4.78, 5) is 2.61. The van der Waals surface area contributed by atoms with E-state index >= 15 is 0 Å². The van der Waals surface area contributed by atoms with Gasteiger partial charge in [-0.2, -0.15) is 0 Å². The molecule has 11 rings (SSSR count). The molecule has 2 spiro atoms. The SMILES string of the molecule is CCC1CC2CCCC(C2)C12c1ccccc1-c1ccc(N(c3ccc4c(c3)-c3ccccc3C43CCCC3)c3ccccc3-c3ccccc3)cc12. The molecule has 2 bridgehead atoms. The first-order valence-corrected chi connectivity index (χ1v) is 20.6. The van der Waals surface area contributed by atoms with E-state index in [2.05, 4.69) is 151 Å². The molecule has 3 fully saturated rings. The fraction of sp³-hybridized carbons (Fsp3) is 0.308. The van der Waals surface area contributed by atoms with E-state index in [1.165, 1.54) is 115 Å². The summed E-state index contributed by atoms with van der Waals surface area (Å²) in [5.41, 5.74) is 18.6. The van der Waals surface area contributed by atoms with Crippen LogP contribution in [-0.2, 0) is 10.8 Å². The van der Waals surface area contributed by atoms with Crippen molar-refractivity contribution in [3.05, 3.63) is 162 Å². The molecule has 4 atom stereocenters. The Morgan fingerprint density at radius 2 is 1.17 bits per heavy atom. The van der Waals surface area contributed by atoms with Gasteiger partial charge in [-0.1, -0.05) is 148 Å². The maximum Gasteiger partial charge on any atom is 0.0540 e. The lowest BCUT2D eigenvalue weighted by atomic mass is 9.50. The average molecular weight is 688 g/mol. The molecule has 5 aliphatic rings. The molecular formula is C52H49N. The number of hydrogen-bond donors (Lipinski definition) is 0. The molecule has 4 unspecified atom stereocenters. The second kappa shape index (κ2) is 12.1. The molecule has 0 radical (unpaired) electrons. The van der Waals surface area contributed by atoms with E-state index in [4.69, 9.17) is 0 Å². The van der Waals surface area contributed by atoms with Crippen molar-refractivity contribution in [1.29, 1.82) is 0 Å². The van der Waals surface area contributed by atoms with Gasteiger partial charge in [0, 0.05) is 27.8 Å². The van der Waals surface area contributed by atoms with Crippen LogP contribution in [0.3, 0.4) is 0 Å². The lowest BCUT2D eigenvalue weighted by Crippen LogP contribution is -2.48. The molecule has 6 aromatic rings. The molecule has 1 heteroatoms. The zero-order chi connectivity index (χ0) is 35.1. The van der Waals surface area contributed by atoms with Crippen molar-refractivity contribution in [2.24, 2.45) is 17.8 Å². The van der Waals surface area contributed by atoms with Crippen LogP contribution in [0.25, 0.3) is 33.4 Å². The predicted octanol–water partition coefficient (Wildman–Crippen LogP) is 14.2. The van der Waals surface area contributed by atoms with Gasteiger partial charge >= 0.3 is 0 Å². The smallest absolute Gasteiger partial charge is 0.0540 e. The average Bonchev–Trinajstić information content (AvgIpc) is 3.90. The molecule has 0 N–H and O–H groups in total. The first-order chi connectivity index (χ1) is 26.2. The van der Waals surface area contributed by atoms with Gasteiger partial charge < -0.3 is 4.90 Å². The van der Waals surface area contributed by atoms with Gasteiger partial charge in [0.05, 0.1) is 5.69 Å². The molecule has 0 aliphatic heterocycles. The van der Waals surface area contributed by atoms with E-state index in [1.807, 2.05) is 0 Å². The minimum absolute atomic E-state index is 0.0734. The third-order valence-corrected chi connectivity index (χ3v) is 14.7. The van der Waals surface area contributed by atoms with Crippen molar-refractivity contribution in [3.8, 4) is 33.4 Å². The zero-order valence-electron chi connectivity index (χ0n) is 31.0. The highest BCUT2D eigenvalue weighted by atomic mass is 15.1. The minimum atomic E-state index is 0.0734. The van der Waals surface area contributed by atoms with E-state index in [0.29, 0.717) is 11.8 Å². The summed E-state index contributed by atoms with van der Waals surface area (Å²) in [7, 11) is 0. The van der Waals surface area contributed by atoms with Gasteiger partial charge in [-0.15, -0.1) is 0 Å². The van der Waals surface area contributed by atoms with Crippen LogP contribution in [0.15, 0.2) is 140 Å². The van der Waals surface area contributed by atoms with Crippen LogP contribution in [-0.4, -0.2) is 0 Å². The largest absolute Gasteiger partial charge is 0.310 e. The standard InChI is InChI=1S/C52H49N/c1-2-37-31-35-15-14-18-38(32-35)52(37)48-23-10-7-20-42(48)44-27-25-40(34-49(44)52)53(50-24-11-8-19-41(50)36-16-4-3-5-17-36)39-26-28-47-45(33-39)43-21-6-9-22-46(43)51(47)29-12-13-30-51/h3-11,16-17,19-28,33-35,37-38H,2,12-15,18,29-32H2,1H3. The Hall–Kier alpha value is -4.88. The monoisotopic (exact) mass is 687 g/mol. The Kier molecular flexibility index (Phi) is 7.20. The van der Waals surface area contributed by atoms with Crippen LogP contribution in [0.5, 0.6) is 0 Å². The fourth-order valence-electron chi connectivity index (χ4n) is 12.7. The third kappa shape index (κ3) is 4.43. The van der Waals surface area contributed by atoms with Crippen LogP contribution in [0.2, 0.25) is 0 Å². The van der Waals surface area contributed by atoms with E-state index in [9.17, 15) is 0 Å². The Labute approximate surface area is 315 Å².